The first-order valence-corrected chi connectivity index (χ1v) is 50.2. The maximum absolute atomic E-state index is 5.00. The Balaban J connectivity index is 0.00000641. The van der Waals surface area contributed by atoms with Crippen molar-refractivity contribution in [1.82, 2.24) is 29.9 Å². The van der Waals surface area contributed by atoms with Crippen molar-refractivity contribution in [3.63, 3.8) is 0 Å². The van der Waals surface area contributed by atoms with E-state index in [1.807, 2.05) is 30.9 Å². The van der Waals surface area contributed by atoms with Crippen molar-refractivity contribution in [2.24, 2.45) is 0 Å². The maximum Gasteiger partial charge on any atom is 3.00 e. The zero-order valence-corrected chi connectivity index (χ0v) is 87.0. The number of nitrogens with zero attached hydrogens (tertiary/aromatic N) is 6. The molecule has 5 heterocycles. The van der Waals surface area contributed by atoms with E-state index in [2.05, 4.69) is 501 Å². The summed E-state index contributed by atoms with van der Waals surface area (Å²) in [4.78, 5) is 29.8. The largest absolute Gasteiger partial charge is 3.00 e. The summed E-state index contributed by atoms with van der Waals surface area (Å²) < 4.78 is 0. The second kappa shape index (κ2) is 44.3. The van der Waals surface area contributed by atoms with Gasteiger partial charge >= 0.3 is 40.2 Å². The Hall–Kier alpha value is -17.1. The average molecular weight is 2250 g/mol. The smallest absolute Gasteiger partial charge is 0.304 e. The Morgan fingerprint density at radius 1 is 0.149 bits per heavy atom. The van der Waals surface area contributed by atoms with Crippen LogP contribution in [0.1, 0.15) is 49.9 Å². The molecule has 0 N–H and O–H groups in total. The SMILES string of the molecule is CCc1cnc(-c2[c-]cc(-c3ccccc3-c3cc(-c4ccccc4-c4c[c-]c(-c5cc(-c6[c-]cc(-c7ccccc7-c7cc(-c8ccccc8-c8c[c-]c(-c9cc(-c%10ccccc%10)c(CC)cn9)cc8)cc(-c8ccccc8-c8c[c-]c(-c9cc(-c%10ccccc%10)c(CC)cn9)cc8)c7)cc6)ncn5)cc4)cc(-c4ccccc4-c4c[c-]c(-c5cc(-c6ccccc6)c(CC)cn5)cc4)c3)cc2)cc1-c1ccccc1.[Ir+3].[Ir+3]. The quantitative estimate of drug-likeness (QED) is 0.0503. The standard InChI is InChI=1S/C140H98N6.2Ir/c1-5-93-88-141-135(83-131(93)97-33-13-9-14-34-97)107-65-53-101(54-66-107)119-41-21-27-47-125(119)113-77-114(126-48-28-22-42-120(126)102-55-67-108(68-56-102)136-84-132(94(6-2)89-142-136)98-35-15-10-16-36-98)80-117(79-113)129-51-31-25-45-123(129)105-61-73-111(74-62-105)139-87-140(146-92-145-139)112-75-63-106(64-76-112)124-46-26-32-52-130(124)118-81-115(127-49-29-23-43-121(127)103-57-69-109(70-58-103)137-85-133(95(7-3)90-143-137)99-37-17-11-18-38-99)78-116(82-118)128-50-30-24-44-122(128)104-59-71-110(72-60-104)138-86-134(96(8-4)91-144-138)100-39-19-12-20-40-100;;/h9-65,67,69,71,73,75,77-92H,5-8H2,1-4H3;;/q-6;2*+3. The van der Waals surface area contributed by atoms with Gasteiger partial charge in [0.2, 0.25) is 0 Å². The Kier molecular flexibility index (Phi) is 29.0. The average Bonchev–Trinajstić information content (AvgIpc) is 0.766. The summed E-state index contributed by atoms with van der Waals surface area (Å²) in [6.45, 7) is 8.75. The fourth-order valence-corrected chi connectivity index (χ4v) is 20.5. The zero-order valence-electron chi connectivity index (χ0n) is 82.2. The van der Waals surface area contributed by atoms with Gasteiger partial charge in [-0.3, -0.25) is 9.97 Å². The Morgan fingerprint density at radius 3 is 0.473 bits per heavy atom. The molecule has 0 aliphatic rings. The van der Waals surface area contributed by atoms with Gasteiger partial charge in [-0.05, 0) is 230 Å². The molecule has 0 spiro atoms. The van der Waals surface area contributed by atoms with Gasteiger partial charge in [-0.25, -0.2) is 0 Å². The third-order valence-electron chi connectivity index (χ3n) is 28.2. The van der Waals surface area contributed by atoms with Crippen LogP contribution in [0.5, 0.6) is 0 Å². The Bertz CT molecular complexity index is 7800. The molecule has 0 saturated heterocycles. The summed E-state index contributed by atoms with van der Waals surface area (Å²) in [5.41, 5.74) is 50.4. The summed E-state index contributed by atoms with van der Waals surface area (Å²) in [6.07, 6.45) is 13.3. The van der Waals surface area contributed by atoms with Crippen molar-refractivity contribution in [2.75, 3.05) is 0 Å². The van der Waals surface area contributed by atoms with Crippen molar-refractivity contribution in [3.8, 4) is 246 Å². The van der Waals surface area contributed by atoms with E-state index in [1.165, 1.54) is 66.8 Å². The number of rotatable bonds is 26. The van der Waals surface area contributed by atoms with Crippen LogP contribution in [-0.2, 0) is 65.9 Å². The van der Waals surface area contributed by atoms with E-state index in [9.17, 15) is 0 Å². The monoisotopic (exact) mass is 2250 g/mol. The van der Waals surface area contributed by atoms with E-state index in [1.54, 1.807) is 6.33 Å². The molecule has 0 atom stereocenters. The topological polar surface area (TPSA) is 77.3 Å². The third-order valence-corrected chi connectivity index (χ3v) is 28.2. The van der Waals surface area contributed by atoms with Gasteiger partial charge in [0.25, 0.3) is 0 Å². The minimum Gasteiger partial charge on any atom is -0.304 e. The summed E-state index contributed by atoms with van der Waals surface area (Å²) in [5, 5.41) is 0. The molecule has 0 saturated carbocycles. The summed E-state index contributed by atoms with van der Waals surface area (Å²) in [6, 6.07) is 181. The van der Waals surface area contributed by atoms with Crippen LogP contribution in [0.3, 0.4) is 0 Å². The molecule has 706 valence electrons. The fraction of sp³-hybridized carbons (Fsp3) is 0.0571. The first kappa shape index (κ1) is 97.0. The summed E-state index contributed by atoms with van der Waals surface area (Å²) in [5.74, 6) is 0. The molecule has 8 heteroatoms. The molecule has 0 bridgehead atoms. The third kappa shape index (κ3) is 20.2. The van der Waals surface area contributed by atoms with Crippen LogP contribution in [-0.4, -0.2) is 29.9 Å². The minimum atomic E-state index is 0. The minimum absolute atomic E-state index is 0. The van der Waals surface area contributed by atoms with Gasteiger partial charge in [-0.15, -0.1) is 179 Å². The van der Waals surface area contributed by atoms with Crippen molar-refractivity contribution >= 4 is 0 Å². The number of aromatic nitrogens is 6. The van der Waals surface area contributed by atoms with E-state index in [0.29, 0.717) is 0 Å². The van der Waals surface area contributed by atoms with Crippen molar-refractivity contribution in [2.45, 2.75) is 53.4 Å². The molecule has 5 aromatic heterocycles. The molecule has 6 nitrogen and oxygen atoms in total. The predicted octanol–water partition coefficient (Wildman–Crippen LogP) is 35.8. The fourth-order valence-electron chi connectivity index (χ4n) is 20.5. The van der Waals surface area contributed by atoms with Crippen molar-refractivity contribution in [1.29, 1.82) is 0 Å². The van der Waals surface area contributed by atoms with Crippen LogP contribution in [0.15, 0.2) is 474 Å². The van der Waals surface area contributed by atoms with E-state index < -0.39 is 0 Å². The van der Waals surface area contributed by atoms with E-state index in [0.717, 1.165) is 227 Å². The Morgan fingerprint density at radius 2 is 0.311 bits per heavy atom. The Labute approximate surface area is 894 Å². The van der Waals surface area contributed by atoms with E-state index in [4.69, 9.17) is 29.9 Å². The molecule has 0 fully saturated rings. The van der Waals surface area contributed by atoms with Crippen LogP contribution < -0.4 is 0 Å². The molecular formula is C140H98Ir2N6. The molecule has 0 aliphatic carbocycles. The number of benzene rings is 18. The molecule has 0 unspecified atom stereocenters. The van der Waals surface area contributed by atoms with Crippen LogP contribution in [0.25, 0.3) is 246 Å². The molecule has 23 aromatic rings. The maximum atomic E-state index is 5.00. The van der Waals surface area contributed by atoms with Crippen LogP contribution >= 0.6 is 0 Å². The van der Waals surface area contributed by atoms with Crippen molar-refractivity contribution in [3.05, 3.63) is 533 Å². The van der Waals surface area contributed by atoms with Gasteiger partial charge in [0.1, 0.15) is 0 Å². The summed E-state index contributed by atoms with van der Waals surface area (Å²) >= 11 is 0. The van der Waals surface area contributed by atoms with Gasteiger partial charge < -0.3 is 19.9 Å². The molecule has 23 rings (SSSR count). The number of pyridine rings is 4. The second-order valence-electron chi connectivity index (χ2n) is 36.9. The first-order chi connectivity index (χ1) is 72.2. The molecule has 148 heavy (non-hydrogen) atoms. The molecule has 18 aromatic carbocycles. The van der Waals surface area contributed by atoms with Gasteiger partial charge in [0, 0.05) is 24.8 Å². The van der Waals surface area contributed by atoms with Crippen molar-refractivity contribution < 1.29 is 40.2 Å². The zero-order chi connectivity index (χ0) is 98.2. The van der Waals surface area contributed by atoms with E-state index in [-0.39, 0.29) is 40.2 Å². The number of hydrogen-bond donors (Lipinski definition) is 0. The van der Waals surface area contributed by atoms with Gasteiger partial charge in [0.05, 0.1) is 6.33 Å². The summed E-state index contributed by atoms with van der Waals surface area (Å²) in [7, 11) is 0. The number of aryl methyl sites for hydroxylation is 4. The molecule has 0 amide bonds. The van der Waals surface area contributed by atoms with Gasteiger partial charge in [-0.1, -0.05) is 392 Å². The predicted molar refractivity (Wildman–Crippen MR) is 603 cm³/mol. The van der Waals surface area contributed by atoms with E-state index >= 15 is 0 Å². The molecule has 0 aliphatic heterocycles. The second-order valence-corrected chi connectivity index (χ2v) is 36.9. The number of hydrogen-bond acceptors (Lipinski definition) is 6. The first-order valence-electron chi connectivity index (χ1n) is 50.2. The molecular weight excluding hydrogens is 2150 g/mol. The molecule has 0 radical (unpaired) electrons. The van der Waals surface area contributed by atoms with Crippen LogP contribution in [0.4, 0.5) is 0 Å². The van der Waals surface area contributed by atoms with Gasteiger partial charge in [0.15, 0.2) is 0 Å². The van der Waals surface area contributed by atoms with Gasteiger partial charge in [-0.2, -0.15) is 0 Å². The normalized spacial score (nSPS) is 11.1. The van der Waals surface area contributed by atoms with Crippen LogP contribution in [0.2, 0.25) is 0 Å². The van der Waals surface area contributed by atoms with Crippen LogP contribution in [0, 0.1) is 36.4 Å².